The highest BCUT2D eigenvalue weighted by Crippen LogP contribution is 2.40. The first kappa shape index (κ1) is 17.3. The van der Waals surface area contributed by atoms with Gasteiger partial charge in [-0.25, -0.2) is 0 Å². The molecule has 0 saturated heterocycles. The lowest BCUT2D eigenvalue weighted by molar-refractivity contribution is 0.596. The standard InChI is InChI=1S/C27H21NO2/c1-27(2,3)21-14-18(12-16-6-4-5-7-19(16)21)26-25-20-13-17-9-11-29-23(17)15-24(20)30-22(25)8-10-28-26/h4-15H,1-3H3. The van der Waals surface area contributed by atoms with Gasteiger partial charge in [-0.3, -0.25) is 4.98 Å². The first-order valence-electron chi connectivity index (χ1n) is 10.2. The third-order valence-electron chi connectivity index (χ3n) is 5.90. The monoisotopic (exact) mass is 391 g/mol. The highest BCUT2D eigenvalue weighted by atomic mass is 16.3. The molecule has 3 aromatic carbocycles. The van der Waals surface area contributed by atoms with Crippen molar-refractivity contribution in [3.05, 3.63) is 78.7 Å². The lowest BCUT2D eigenvalue weighted by atomic mass is 9.82. The molecule has 30 heavy (non-hydrogen) atoms. The van der Waals surface area contributed by atoms with Gasteiger partial charge in [0.15, 0.2) is 0 Å². The fraction of sp³-hybridized carbons (Fsp3) is 0.148. The van der Waals surface area contributed by atoms with Gasteiger partial charge < -0.3 is 8.83 Å². The molecule has 3 heterocycles. The van der Waals surface area contributed by atoms with E-state index < -0.39 is 0 Å². The summed E-state index contributed by atoms with van der Waals surface area (Å²) in [5.41, 5.74) is 5.89. The van der Waals surface area contributed by atoms with Crippen molar-refractivity contribution in [1.82, 2.24) is 4.98 Å². The lowest BCUT2D eigenvalue weighted by Gasteiger charge is -2.22. The summed E-state index contributed by atoms with van der Waals surface area (Å²) in [5, 5.41) is 5.69. The molecular weight excluding hydrogens is 370 g/mol. The van der Waals surface area contributed by atoms with Gasteiger partial charge in [-0.1, -0.05) is 45.0 Å². The summed E-state index contributed by atoms with van der Waals surface area (Å²) in [7, 11) is 0. The molecule has 0 amide bonds. The SMILES string of the molecule is CC(C)(C)c1cc(-c2nccc3oc4cc5occc5cc4c23)cc2ccccc12. The normalized spacial score (nSPS) is 12.5. The second kappa shape index (κ2) is 5.96. The lowest BCUT2D eigenvalue weighted by Crippen LogP contribution is -2.12. The first-order chi connectivity index (χ1) is 14.5. The molecule has 0 unspecified atom stereocenters. The summed E-state index contributed by atoms with van der Waals surface area (Å²) >= 11 is 0. The number of rotatable bonds is 1. The van der Waals surface area contributed by atoms with Crippen molar-refractivity contribution in [3.63, 3.8) is 0 Å². The topological polar surface area (TPSA) is 39.2 Å². The molecule has 6 rings (SSSR count). The summed E-state index contributed by atoms with van der Waals surface area (Å²) in [6.45, 7) is 6.78. The Morgan fingerprint density at radius 1 is 0.767 bits per heavy atom. The van der Waals surface area contributed by atoms with Crippen LogP contribution in [0.15, 0.2) is 82.0 Å². The van der Waals surface area contributed by atoms with Crippen LogP contribution in [0.5, 0.6) is 0 Å². The van der Waals surface area contributed by atoms with Crippen molar-refractivity contribution in [3.8, 4) is 11.3 Å². The van der Waals surface area contributed by atoms with Crippen molar-refractivity contribution >= 4 is 43.7 Å². The zero-order valence-electron chi connectivity index (χ0n) is 17.2. The molecule has 3 nitrogen and oxygen atoms in total. The minimum Gasteiger partial charge on any atom is -0.464 e. The molecule has 0 saturated carbocycles. The van der Waals surface area contributed by atoms with Gasteiger partial charge in [0, 0.05) is 28.6 Å². The van der Waals surface area contributed by atoms with Gasteiger partial charge in [0.2, 0.25) is 0 Å². The van der Waals surface area contributed by atoms with Crippen molar-refractivity contribution < 1.29 is 8.83 Å². The van der Waals surface area contributed by atoms with Gasteiger partial charge in [-0.05, 0) is 52.1 Å². The number of furan rings is 2. The minimum atomic E-state index is 0.0188. The highest BCUT2D eigenvalue weighted by Gasteiger charge is 2.21. The van der Waals surface area contributed by atoms with Gasteiger partial charge in [0.05, 0.1) is 17.3 Å². The predicted octanol–water partition coefficient (Wildman–Crippen LogP) is 7.84. The van der Waals surface area contributed by atoms with Gasteiger partial charge in [0.25, 0.3) is 0 Å². The molecule has 0 aliphatic heterocycles. The molecular formula is C27H21NO2. The number of pyridine rings is 1. The zero-order chi connectivity index (χ0) is 20.5. The van der Waals surface area contributed by atoms with Crippen LogP contribution in [-0.4, -0.2) is 4.98 Å². The van der Waals surface area contributed by atoms with Crippen LogP contribution in [0.1, 0.15) is 26.3 Å². The minimum absolute atomic E-state index is 0.0188. The Morgan fingerprint density at radius 2 is 1.63 bits per heavy atom. The van der Waals surface area contributed by atoms with Gasteiger partial charge >= 0.3 is 0 Å². The molecule has 0 aliphatic rings. The quantitative estimate of drug-likeness (QED) is 0.286. The fourth-order valence-electron chi connectivity index (χ4n) is 4.47. The number of hydrogen-bond donors (Lipinski definition) is 0. The van der Waals surface area contributed by atoms with E-state index in [-0.39, 0.29) is 5.41 Å². The summed E-state index contributed by atoms with van der Waals surface area (Å²) in [6, 6.07) is 21.1. The van der Waals surface area contributed by atoms with Gasteiger partial charge in [-0.2, -0.15) is 0 Å². The second-order valence-corrected chi connectivity index (χ2v) is 8.94. The zero-order valence-corrected chi connectivity index (χ0v) is 17.2. The van der Waals surface area contributed by atoms with Crippen LogP contribution in [0.4, 0.5) is 0 Å². The summed E-state index contributed by atoms with van der Waals surface area (Å²) in [4.78, 5) is 4.81. The Bertz CT molecular complexity index is 1580. The van der Waals surface area contributed by atoms with Crippen molar-refractivity contribution in [2.24, 2.45) is 0 Å². The van der Waals surface area contributed by atoms with Crippen LogP contribution >= 0.6 is 0 Å². The average Bonchev–Trinajstić information content (AvgIpc) is 3.33. The summed E-state index contributed by atoms with van der Waals surface area (Å²) < 4.78 is 11.7. The molecule has 0 atom stereocenters. The Kier molecular flexibility index (Phi) is 3.43. The molecule has 0 N–H and O–H groups in total. The van der Waals surface area contributed by atoms with Gasteiger partial charge in [-0.15, -0.1) is 0 Å². The van der Waals surface area contributed by atoms with Gasteiger partial charge in [0.1, 0.15) is 16.7 Å². The highest BCUT2D eigenvalue weighted by molar-refractivity contribution is 6.14. The predicted molar refractivity (Wildman–Crippen MR) is 123 cm³/mol. The summed E-state index contributed by atoms with van der Waals surface area (Å²) in [5.74, 6) is 0. The first-order valence-corrected chi connectivity index (χ1v) is 10.2. The molecule has 0 radical (unpaired) electrons. The fourth-order valence-corrected chi connectivity index (χ4v) is 4.47. The van der Waals surface area contributed by atoms with E-state index in [1.54, 1.807) is 6.26 Å². The van der Waals surface area contributed by atoms with E-state index in [1.165, 1.54) is 16.3 Å². The third-order valence-corrected chi connectivity index (χ3v) is 5.90. The van der Waals surface area contributed by atoms with Crippen LogP contribution < -0.4 is 0 Å². The second-order valence-electron chi connectivity index (χ2n) is 8.94. The van der Waals surface area contributed by atoms with E-state index in [1.807, 2.05) is 24.4 Å². The maximum atomic E-state index is 6.18. The van der Waals surface area contributed by atoms with E-state index in [0.717, 1.165) is 44.2 Å². The number of hydrogen-bond acceptors (Lipinski definition) is 3. The van der Waals surface area contributed by atoms with Crippen molar-refractivity contribution in [1.29, 1.82) is 0 Å². The molecule has 146 valence electrons. The molecule has 0 aliphatic carbocycles. The van der Waals surface area contributed by atoms with Crippen LogP contribution in [0.25, 0.3) is 54.9 Å². The van der Waals surface area contributed by atoms with Crippen LogP contribution in [0, 0.1) is 0 Å². The molecule has 6 aromatic rings. The summed E-state index contributed by atoms with van der Waals surface area (Å²) in [6.07, 6.45) is 3.54. The molecule has 0 fully saturated rings. The molecule has 0 bridgehead atoms. The number of nitrogens with zero attached hydrogens (tertiary/aromatic N) is 1. The molecule has 3 aromatic heterocycles. The Hall–Kier alpha value is -3.59. The van der Waals surface area contributed by atoms with E-state index >= 15 is 0 Å². The van der Waals surface area contributed by atoms with Crippen LogP contribution in [-0.2, 0) is 5.41 Å². The Labute approximate surface area is 173 Å². The largest absolute Gasteiger partial charge is 0.464 e. The third kappa shape index (κ3) is 2.48. The van der Waals surface area contributed by atoms with Crippen molar-refractivity contribution in [2.45, 2.75) is 26.2 Å². The van der Waals surface area contributed by atoms with Crippen LogP contribution in [0.3, 0.4) is 0 Å². The Morgan fingerprint density at radius 3 is 2.50 bits per heavy atom. The molecule has 3 heteroatoms. The van der Waals surface area contributed by atoms with E-state index in [0.29, 0.717) is 0 Å². The number of aromatic nitrogens is 1. The smallest absolute Gasteiger partial charge is 0.139 e. The number of fused-ring (bicyclic) bond motifs is 5. The maximum Gasteiger partial charge on any atom is 0.139 e. The van der Waals surface area contributed by atoms with E-state index in [2.05, 4.69) is 63.2 Å². The average molecular weight is 391 g/mol. The number of benzene rings is 3. The van der Waals surface area contributed by atoms with E-state index in [9.17, 15) is 0 Å². The van der Waals surface area contributed by atoms with Crippen molar-refractivity contribution in [2.75, 3.05) is 0 Å². The molecule has 0 spiro atoms. The van der Waals surface area contributed by atoms with E-state index in [4.69, 9.17) is 13.8 Å². The van der Waals surface area contributed by atoms with Crippen LogP contribution in [0.2, 0.25) is 0 Å². The Balaban J connectivity index is 1.72. The maximum absolute atomic E-state index is 6.18.